The van der Waals surface area contributed by atoms with Crippen LogP contribution in [0.3, 0.4) is 0 Å². The van der Waals surface area contributed by atoms with Crippen LogP contribution in [-0.2, 0) is 14.9 Å². The summed E-state index contributed by atoms with van der Waals surface area (Å²) in [5.74, 6) is -4.51. The highest BCUT2D eigenvalue weighted by Crippen LogP contribution is 2.57. The van der Waals surface area contributed by atoms with E-state index in [0.29, 0.717) is 25.2 Å². The third-order valence-corrected chi connectivity index (χ3v) is 6.69. The van der Waals surface area contributed by atoms with Crippen LogP contribution in [0.15, 0.2) is 0 Å². The van der Waals surface area contributed by atoms with E-state index < -0.39 is 46.0 Å². The summed E-state index contributed by atoms with van der Waals surface area (Å²) in [6.45, 7) is -0.736. The summed E-state index contributed by atoms with van der Waals surface area (Å²) in [5.41, 5.74) is -0.695. The van der Waals surface area contributed by atoms with Gasteiger partial charge in [-0.2, -0.15) is 26.0 Å². The molecule has 0 aromatic rings. The van der Waals surface area contributed by atoms with E-state index >= 15 is 0 Å². The van der Waals surface area contributed by atoms with Crippen LogP contribution in [-0.4, -0.2) is 47.6 Å². The van der Waals surface area contributed by atoms with Crippen LogP contribution in [0.2, 0.25) is 0 Å². The van der Waals surface area contributed by atoms with Crippen molar-refractivity contribution in [2.45, 2.75) is 61.4 Å². The standard InChI is InChI=1S/C14H20F4O5S/c15-13(16,14(17,18)24(20,21)22)1-2-23-12-5-8-3-9(6-12)11(19)10(4-8)7-12/h8-11,19H,1-7H2,(H,20,21,22). The molecule has 0 radical (unpaired) electrons. The molecule has 0 amide bonds. The molecule has 4 bridgehead atoms. The summed E-state index contributed by atoms with van der Waals surface area (Å²) in [6.07, 6.45) is 1.43. The topological polar surface area (TPSA) is 83.8 Å². The molecule has 2 atom stereocenters. The van der Waals surface area contributed by atoms with Crippen LogP contribution in [0, 0.1) is 17.8 Å². The fourth-order valence-corrected chi connectivity index (χ4v) is 5.31. The Labute approximate surface area is 137 Å². The van der Waals surface area contributed by atoms with Gasteiger partial charge in [-0.25, -0.2) is 0 Å². The Hall–Kier alpha value is -0.450. The maximum Gasteiger partial charge on any atom is 0.431 e. The van der Waals surface area contributed by atoms with Gasteiger partial charge in [-0.15, -0.1) is 0 Å². The second-order valence-electron chi connectivity index (χ2n) is 7.44. The number of hydrogen-bond acceptors (Lipinski definition) is 4. The molecule has 24 heavy (non-hydrogen) atoms. The summed E-state index contributed by atoms with van der Waals surface area (Å²) in [7, 11) is -6.21. The van der Waals surface area contributed by atoms with E-state index in [1.165, 1.54) is 0 Å². The van der Waals surface area contributed by atoms with Gasteiger partial charge in [-0.3, -0.25) is 4.55 Å². The highest BCUT2D eigenvalue weighted by Gasteiger charge is 2.65. The molecule has 5 nitrogen and oxygen atoms in total. The van der Waals surface area contributed by atoms with Gasteiger partial charge in [0.15, 0.2) is 0 Å². The van der Waals surface area contributed by atoms with Gasteiger partial charge in [-0.05, 0) is 49.9 Å². The zero-order valence-corrected chi connectivity index (χ0v) is 13.6. The van der Waals surface area contributed by atoms with E-state index in [2.05, 4.69) is 0 Å². The number of alkyl halides is 4. The van der Waals surface area contributed by atoms with Crippen molar-refractivity contribution < 1.29 is 40.4 Å². The number of halogens is 4. The number of aliphatic hydroxyl groups is 1. The first-order valence-electron chi connectivity index (χ1n) is 7.92. The van der Waals surface area contributed by atoms with Crippen molar-refractivity contribution in [2.24, 2.45) is 17.8 Å². The molecule has 0 aliphatic heterocycles. The van der Waals surface area contributed by atoms with Crippen molar-refractivity contribution in [3.05, 3.63) is 0 Å². The Kier molecular flexibility index (Phi) is 4.22. The van der Waals surface area contributed by atoms with Gasteiger partial charge in [0.05, 0.1) is 18.3 Å². The van der Waals surface area contributed by atoms with Crippen LogP contribution in [0.5, 0.6) is 0 Å². The lowest BCUT2D eigenvalue weighted by molar-refractivity contribution is -0.217. The molecule has 2 unspecified atom stereocenters. The molecule has 0 heterocycles. The van der Waals surface area contributed by atoms with E-state index in [4.69, 9.17) is 9.29 Å². The van der Waals surface area contributed by atoms with Gasteiger partial charge in [0.2, 0.25) is 0 Å². The number of hydrogen-bond donors (Lipinski definition) is 2. The lowest BCUT2D eigenvalue weighted by Crippen LogP contribution is -2.58. The lowest BCUT2D eigenvalue weighted by atomic mass is 9.53. The molecule has 4 aliphatic carbocycles. The maximum atomic E-state index is 13.5. The highest BCUT2D eigenvalue weighted by molar-refractivity contribution is 7.87. The minimum absolute atomic E-state index is 0.0380. The normalized spacial score (nSPS) is 39.4. The highest BCUT2D eigenvalue weighted by atomic mass is 32.2. The molecule has 4 saturated carbocycles. The van der Waals surface area contributed by atoms with Gasteiger partial charge in [0.1, 0.15) is 0 Å². The second-order valence-corrected chi connectivity index (χ2v) is 8.90. The quantitative estimate of drug-likeness (QED) is 0.550. The monoisotopic (exact) mass is 376 g/mol. The SMILES string of the molecule is O=S(=O)(O)C(F)(F)C(F)(F)CCOC12CC3CC(C1)C(O)C(C3)C2. The predicted molar refractivity (Wildman–Crippen MR) is 74.3 cm³/mol. The van der Waals surface area contributed by atoms with Gasteiger partial charge >= 0.3 is 21.3 Å². The molecule has 0 spiro atoms. The van der Waals surface area contributed by atoms with E-state index in [9.17, 15) is 31.1 Å². The fraction of sp³-hybridized carbons (Fsp3) is 1.00. The molecule has 4 aliphatic rings. The number of rotatable bonds is 6. The van der Waals surface area contributed by atoms with Crippen LogP contribution in [0.1, 0.15) is 38.5 Å². The Morgan fingerprint density at radius 2 is 1.62 bits per heavy atom. The van der Waals surface area contributed by atoms with Crippen molar-refractivity contribution in [2.75, 3.05) is 6.61 Å². The van der Waals surface area contributed by atoms with Crippen molar-refractivity contribution in [3.63, 3.8) is 0 Å². The third kappa shape index (κ3) is 2.85. The predicted octanol–water partition coefficient (Wildman–Crippen LogP) is 2.45. The van der Waals surface area contributed by atoms with E-state index in [0.717, 1.165) is 12.8 Å². The summed E-state index contributed by atoms with van der Waals surface area (Å²) in [5, 5.41) is 4.57. The summed E-state index contributed by atoms with van der Waals surface area (Å²) >= 11 is 0. The van der Waals surface area contributed by atoms with Crippen LogP contribution >= 0.6 is 0 Å². The van der Waals surface area contributed by atoms with Crippen LogP contribution < -0.4 is 0 Å². The van der Waals surface area contributed by atoms with Gasteiger partial charge in [0, 0.05) is 6.42 Å². The Morgan fingerprint density at radius 1 is 1.08 bits per heavy atom. The molecular formula is C14H20F4O5S. The maximum absolute atomic E-state index is 13.5. The average Bonchev–Trinajstić information content (AvgIpc) is 2.42. The Morgan fingerprint density at radius 3 is 2.12 bits per heavy atom. The van der Waals surface area contributed by atoms with Crippen molar-refractivity contribution in [3.8, 4) is 0 Å². The Balaban J connectivity index is 1.63. The molecular weight excluding hydrogens is 356 g/mol. The fourth-order valence-electron chi connectivity index (χ4n) is 4.83. The van der Waals surface area contributed by atoms with Gasteiger partial charge in [-0.1, -0.05) is 0 Å². The van der Waals surface area contributed by atoms with E-state index in [1.807, 2.05) is 0 Å². The van der Waals surface area contributed by atoms with E-state index in [-0.39, 0.29) is 11.8 Å². The minimum atomic E-state index is -6.21. The third-order valence-electron chi connectivity index (χ3n) is 5.74. The smallest absolute Gasteiger partial charge is 0.393 e. The lowest BCUT2D eigenvalue weighted by Gasteiger charge is -2.58. The molecule has 4 rings (SSSR count). The minimum Gasteiger partial charge on any atom is -0.393 e. The zero-order chi connectivity index (χ0) is 18.0. The molecule has 0 saturated heterocycles. The second kappa shape index (κ2) is 5.52. The molecule has 2 N–H and O–H groups in total. The van der Waals surface area contributed by atoms with Gasteiger partial charge in [0.25, 0.3) is 0 Å². The molecule has 140 valence electrons. The summed E-state index contributed by atoms with van der Waals surface area (Å²) in [6, 6.07) is 0. The Bertz CT molecular complexity index is 592. The molecule has 0 aromatic carbocycles. The van der Waals surface area contributed by atoms with E-state index in [1.54, 1.807) is 0 Å². The van der Waals surface area contributed by atoms with Crippen molar-refractivity contribution >= 4 is 10.1 Å². The first-order valence-corrected chi connectivity index (χ1v) is 9.36. The summed E-state index contributed by atoms with van der Waals surface area (Å²) < 4.78 is 88.2. The number of aliphatic hydroxyl groups excluding tert-OH is 1. The first kappa shape index (κ1) is 18.3. The zero-order valence-electron chi connectivity index (χ0n) is 12.8. The summed E-state index contributed by atoms with van der Waals surface area (Å²) in [4.78, 5) is 0. The molecule has 4 fully saturated rings. The van der Waals surface area contributed by atoms with Gasteiger partial charge < -0.3 is 9.84 Å². The van der Waals surface area contributed by atoms with Crippen LogP contribution in [0.25, 0.3) is 0 Å². The first-order chi connectivity index (χ1) is 10.9. The largest absolute Gasteiger partial charge is 0.431 e. The molecule has 0 aromatic heterocycles. The van der Waals surface area contributed by atoms with Crippen LogP contribution in [0.4, 0.5) is 17.6 Å². The van der Waals surface area contributed by atoms with Crippen molar-refractivity contribution in [1.82, 2.24) is 0 Å². The number of ether oxygens (including phenoxy) is 1. The van der Waals surface area contributed by atoms with Crippen molar-refractivity contribution in [1.29, 1.82) is 0 Å². The molecule has 10 heteroatoms. The average molecular weight is 376 g/mol.